The maximum Gasteiger partial charge on any atom is 0.224 e. The highest BCUT2D eigenvalue weighted by molar-refractivity contribution is 5.76. The number of hydrogen-bond acceptors (Lipinski definition) is 3. The minimum atomic E-state index is 0.228. The van der Waals surface area contributed by atoms with Gasteiger partial charge in [0.25, 0.3) is 0 Å². The second-order valence-electron chi connectivity index (χ2n) is 7.80. The normalized spacial score (nSPS) is 17.7. The lowest BCUT2D eigenvalue weighted by molar-refractivity contribution is -0.132. The van der Waals surface area contributed by atoms with Crippen LogP contribution in [0.5, 0.6) is 0 Å². The lowest BCUT2D eigenvalue weighted by Crippen LogP contribution is -2.36. The summed E-state index contributed by atoms with van der Waals surface area (Å²) in [5.41, 5.74) is 3.71. The fourth-order valence-corrected chi connectivity index (χ4v) is 4.43. The summed E-state index contributed by atoms with van der Waals surface area (Å²) in [5.74, 6) is 2.07. The molecule has 1 fully saturated rings. The maximum atomic E-state index is 12.7. The van der Waals surface area contributed by atoms with Crippen molar-refractivity contribution in [1.29, 1.82) is 0 Å². The van der Waals surface area contributed by atoms with Gasteiger partial charge in [-0.15, -0.1) is 0 Å². The van der Waals surface area contributed by atoms with E-state index in [-0.39, 0.29) is 5.91 Å². The molecule has 0 unspecified atom stereocenters. The minimum Gasteiger partial charge on any atom is -0.338 e. The fraction of sp³-hybridized carbons (Fsp3) is 0.650. The van der Waals surface area contributed by atoms with Crippen molar-refractivity contribution in [3.8, 4) is 0 Å². The van der Waals surface area contributed by atoms with Gasteiger partial charge in [-0.1, -0.05) is 25.7 Å². The van der Waals surface area contributed by atoms with Crippen LogP contribution < -0.4 is 0 Å². The molecule has 6 heteroatoms. The monoisotopic (exact) mass is 355 g/mol. The highest BCUT2D eigenvalue weighted by Crippen LogP contribution is 2.30. The Hall–Kier alpha value is -2.11. The molecule has 4 rings (SSSR count). The molecule has 1 saturated carbocycles. The Balaban J connectivity index is 1.34. The zero-order valence-electron chi connectivity index (χ0n) is 15.7. The quantitative estimate of drug-likeness (QED) is 0.866. The largest absolute Gasteiger partial charge is 0.338 e. The molecule has 3 heterocycles. The number of nitrogens with one attached hydrogen (secondary N) is 1. The van der Waals surface area contributed by atoms with Crippen LogP contribution in [0, 0.1) is 12.8 Å². The van der Waals surface area contributed by atoms with Crippen LogP contribution in [0.1, 0.15) is 61.3 Å². The summed E-state index contributed by atoms with van der Waals surface area (Å²) in [7, 11) is 0. The van der Waals surface area contributed by atoms with E-state index in [0.717, 1.165) is 31.1 Å². The lowest BCUT2D eigenvalue weighted by atomic mass is 9.97. The number of nitrogens with zero attached hydrogens (tertiary/aromatic N) is 4. The van der Waals surface area contributed by atoms with Gasteiger partial charge in [-0.2, -0.15) is 5.10 Å². The Morgan fingerprint density at radius 2 is 2.19 bits per heavy atom. The molecule has 6 nitrogen and oxygen atoms in total. The second kappa shape index (κ2) is 7.64. The fourth-order valence-electron chi connectivity index (χ4n) is 4.43. The van der Waals surface area contributed by atoms with Gasteiger partial charge in [0.2, 0.25) is 5.91 Å². The first-order chi connectivity index (χ1) is 12.7. The van der Waals surface area contributed by atoms with Crippen molar-refractivity contribution in [2.45, 2.75) is 71.4 Å². The third kappa shape index (κ3) is 3.69. The van der Waals surface area contributed by atoms with Crippen molar-refractivity contribution >= 4 is 5.91 Å². The molecule has 2 aliphatic rings. The Morgan fingerprint density at radius 3 is 2.96 bits per heavy atom. The van der Waals surface area contributed by atoms with E-state index < -0.39 is 0 Å². The topological polar surface area (TPSA) is 66.8 Å². The lowest BCUT2D eigenvalue weighted by Gasteiger charge is -2.27. The summed E-state index contributed by atoms with van der Waals surface area (Å²) >= 11 is 0. The molecule has 1 aliphatic carbocycles. The SMILES string of the molecule is Cc1nccn1CCC(=O)N1CCc2[nH]nc(CCC3CCCC3)c2C1. The average molecular weight is 355 g/mol. The molecule has 2 aromatic rings. The summed E-state index contributed by atoms with van der Waals surface area (Å²) in [6.45, 7) is 4.18. The predicted octanol–water partition coefficient (Wildman–Crippen LogP) is 3.01. The van der Waals surface area contributed by atoms with Gasteiger partial charge in [0.05, 0.1) is 5.69 Å². The van der Waals surface area contributed by atoms with Crippen LogP contribution in [-0.2, 0) is 30.7 Å². The van der Waals surface area contributed by atoms with Gasteiger partial charge in [0.15, 0.2) is 0 Å². The van der Waals surface area contributed by atoms with E-state index in [0.29, 0.717) is 19.5 Å². The number of imidazole rings is 1. The third-order valence-electron chi connectivity index (χ3n) is 6.13. The summed E-state index contributed by atoms with van der Waals surface area (Å²) in [6, 6.07) is 0. The summed E-state index contributed by atoms with van der Waals surface area (Å²) < 4.78 is 2.04. The number of aromatic amines is 1. The smallest absolute Gasteiger partial charge is 0.224 e. The number of carbonyl (C=O) groups excluding carboxylic acids is 1. The highest BCUT2D eigenvalue weighted by Gasteiger charge is 2.25. The van der Waals surface area contributed by atoms with Gasteiger partial charge in [0.1, 0.15) is 5.82 Å². The van der Waals surface area contributed by atoms with Crippen LogP contribution in [0.3, 0.4) is 0 Å². The number of rotatable bonds is 6. The molecule has 26 heavy (non-hydrogen) atoms. The molecule has 1 amide bonds. The molecular formula is C20H29N5O. The van der Waals surface area contributed by atoms with E-state index in [1.54, 1.807) is 6.20 Å². The summed E-state index contributed by atoms with van der Waals surface area (Å²) in [6.07, 6.45) is 13.0. The second-order valence-corrected chi connectivity index (χ2v) is 7.80. The number of aryl methyl sites for hydroxylation is 3. The Labute approximate surface area is 155 Å². The van der Waals surface area contributed by atoms with Gasteiger partial charge in [-0.05, 0) is 25.7 Å². The van der Waals surface area contributed by atoms with Crippen LogP contribution in [0.25, 0.3) is 0 Å². The number of fused-ring (bicyclic) bond motifs is 1. The third-order valence-corrected chi connectivity index (χ3v) is 6.13. The Bertz CT molecular complexity index is 756. The number of carbonyl (C=O) groups is 1. The standard InChI is InChI=1S/C20H29N5O/c1-15-21-10-13-24(15)12-9-20(26)25-11-8-19-17(14-25)18(22-23-19)7-6-16-4-2-3-5-16/h10,13,16H,2-9,11-12,14H2,1H3,(H,22,23). The zero-order valence-corrected chi connectivity index (χ0v) is 15.7. The van der Waals surface area contributed by atoms with Gasteiger partial charge in [0, 0.05) is 56.1 Å². The molecular weight excluding hydrogens is 326 g/mol. The Morgan fingerprint density at radius 1 is 1.35 bits per heavy atom. The number of amides is 1. The van der Waals surface area contributed by atoms with Crippen LogP contribution in [-0.4, -0.2) is 37.1 Å². The van der Waals surface area contributed by atoms with Gasteiger partial charge < -0.3 is 9.47 Å². The van der Waals surface area contributed by atoms with E-state index in [1.807, 2.05) is 22.6 Å². The van der Waals surface area contributed by atoms with Gasteiger partial charge >= 0.3 is 0 Å². The van der Waals surface area contributed by atoms with E-state index in [2.05, 4.69) is 15.2 Å². The van der Waals surface area contributed by atoms with Crippen molar-refractivity contribution in [3.63, 3.8) is 0 Å². The highest BCUT2D eigenvalue weighted by atomic mass is 16.2. The van der Waals surface area contributed by atoms with Crippen LogP contribution >= 0.6 is 0 Å². The minimum absolute atomic E-state index is 0.228. The molecule has 0 saturated heterocycles. The molecule has 0 radical (unpaired) electrons. The molecule has 0 spiro atoms. The van der Waals surface area contributed by atoms with E-state index in [1.165, 1.54) is 49.1 Å². The van der Waals surface area contributed by atoms with Crippen LogP contribution in [0.4, 0.5) is 0 Å². The van der Waals surface area contributed by atoms with Gasteiger partial charge in [-0.3, -0.25) is 9.89 Å². The summed E-state index contributed by atoms with van der Waals surface area (Å²) in [5, 5.41) is 7.80. The van der Waals surface area contributed by atoms with Crippen molar-refractivity contribution in [2.75, 3.05) is 6.54 Å². The van der Waals surface area contributed by atoms with E-state index >= 15 is 0 Å². The number of aromatic nitrogens is 4. The molecule has 0 aromatic carbocycles. The van der Waals surface area contributed by atoms with Crippen molar-refractivity contribution < 1.29 is 4.79 Å². The summed E-state index contributed by atoms with van der Waals surface area (Å²) in [4.78, 5) is 18.9. The zero-order chi connectivity index (χ0) is 17.9. The first-order valence-electron chi connectivity index (χ1n) is 10.0. The maximum absolute atomic E-state index is 12.7. The van der Waals surface area contributed by atoms with Crippen molar-refractivity contribution in [2.24, 2.45) is 5.92 Å². The number of hydrogen-bond donors (Lipinski definition) is 1. The Kier molecular flexibility index (Phi) is 5.09. The molecule has 2 aromatic heterocycles. The average Bonchev–Trinajstić information content (AvgIpc) is 3.39. The molecule has 1 aliphatic heterocycles. The first kappa shape index (κ1) is 17.3. The number of H-pyrrole nitrogens is 1. The van der Waals surface area contributed by atoms with E-state index in [9.17, 15) is 4.79 Å². The van der Waals surface area contributed by atoms with Crippen molar-refractivity contribution in [3.05, 3.63) is 35.2 Å². The van der Waals surface area contributed by atoms with Crippen molar-refractivity contribution in [1.82, 2.24) is 24.6 Å². The first-order valence-corrected chi connectivity index (χ1v) is 10.0. The molecule has 0 atom stereocenters. The molecule has 1 N–H and O–H groups in total. The van der Waals surface area contributed by atoms with Crippen LogP contribution in [0.15, 0.2) is 12.4 Å². The predicted molar refractivity (Wildman–Crippen MR) is 99.6 cm³/mol. The molecule has 140 valence electrons. The van der Waals surface area contributed by atoms with Crippen LogP contribution in [0.2, 0.25) is 0 Å². The molecule has 0 bridgehead atoms. The van der Waals surface area contributed by atoms with E-state index in [4.69, 9.17) is 0 Å². The van der Waals surface area contributed by atoms with Gasteiger partial charge in [-0.25, -0.2) is 4.98 Å².